The van der Waals surface area contributed by atoms with Crippen molar-refractivity contribution in [3.8, 4) is 34.0 Å². The Balaban J connectivity index is 2.16. The van der Waals surface area contributed by atoms with Gasteiger partial charge in [-0.25, -0.2) is 4.98 Å². The highest BCUT2D eigenvalue weighted by molar-refractivity contribution is 5.81. The van der Waals surface area contributed by atoms with E-state index >= 15 is 0 Å². The average molecular weight is 387 g/mol. The summed E-state index contributed by atoms with van der Waals surface area (Å²) in [5, 5.41) is 9.79. The maximum atomic E-state index is 12.8. The van der Waals surface area contributed by atoms with Gasteiger partial charge in [0.25, 0.3) is 0 Å². The summed E-state index contributed by atoms with van der Waals surface area (Å²) in [7, 11) is 3.56. The number of hydrogen-bond donors (Lipinski definition) is 1. The van der Waals surface area contributed by atoms with Crippen molar-refractivity contribution in [1.82, 2.24) is 19.5 Å². The van der Waals surface area contributed by atoms with E-state index in [1.54, 1.807) is 19.0 Å². The molecule has 0 fully saturated rings. The van der Waals surface area contributed by atoms with Crippen LogP contribution in [0.5, 0.6) is 0 Å². The standard InChI is InChI=1S/C22H21N5O2/c1-26(2)22-24-20-18(21(29)25-22)23-17(15-9-5-3-6-10-15)19(27(20)13-14-28)16-11-7-4-8-12-16/h3-12,28H,13-14H2,1-2H3. The van der Waals surface area contributed by atoms with Crippen molar-refractivity contribution in [3.63, 3.8) is 0 Å². The van der Waals surface area contributed by atoms with Crippen molar-refractivity contribution in [2.75, 3.05) is 25.6 Å². The van der Waals surface area contributed by atoms with Crippen LogP contribution in [-0.2, 0) is 6.54 Å². The zero-order valence-electron chi connectivity index (χ0n) is 16.3. The van der Waals surface area contributed by atoms with E-state index in [0.29, 0.717) is 17.5 Å². The van der Waals surface area contributed by atoms with Gasteiger partial charge < -0.3 is 14.6 Å². The molecule has 146 valence electrons. The molecular weight excluding hydrogens is 366 g/mol. The molecule has 0 spiro atoms. The number of nitrogens with zero attached hydrogens (tertiary/aromatic N) is 5. The summed E-state index contributed by atoms with van der Waals surface area (Å²) in [4.78, 5) is 27.8. The first-order valence-corrected chi connectivity index (χ1v) is 9.31. The van der Waals surface area contributed by atoms with Gasteiger partial charge in [0.05, 0.1) is 18.0 Å². The predicted molar refractivity (Wildman–Crippen MR) is 113 cm³/mol. The molecule has 2 aromatic carbocycles. The third-order valence-electron chi connectivity index (χ3n) is 4.61. The van der Waals surface area contributed by atoms with E-state index in [2.05, 4.69) is 9.97 Å². The van der Waals surface area contributed by atoms with Gasteiger partial charge in [0.1, 0.15) is 0 Å². The molecule has 2 aromatic rings. The number of fused-ring (bicyclic) bond motifs is 1. The molecule has 0 aliphatic carbocycles. The summed E-state index contributed by atoms with van der Waals surface area (Å²) in [6, 6.07) is 19.5. The molecule has 0 saturated heterocycles. The van der Waals surface area contributed by atoms with E-state index < -0.39 is 5.56 Å². The van der Waals surface area contributed by atoms with Crippen molar-refractivity contribution in [2.45, 2.75) is 6.54 Å². The zero-order valence-corrected chi connectivity index (χ0v) is 16.3. The predicted octanol–water partition coefficient (Wildman–Crippen LogP) is 2.53. The van der Waals surface area contributed by atoms with Crippen molar-refractivity contribution in [1.29, 1.82) is 0 Å². The number of rotatable bonds is 5. The van der Waals surface area contributed by atoms with Crippen LogP contribution in [0.1, 0.15) is 0 Å². The number of benzene rings is 2. The Morgan fingerprint density at radius 2 is 1.48 bits per heavy atom. The molecule has 29 heavy (non-hydrogen) atoms. The molecule has 0 saturated carbocycles. The van der Waals surface area contributed by atoms with Gasteiger partial charge in [0.2, 0.25) is 5.95 Å². The van der Waals surface area contributed by atoms with Crippen LogP contribution in [0, 0.1) is 0 Å². The minimum Gasteiger partial charge on any atom is -0.395 e. The zero-order chi connectivity index (χ0) is 20.4. The van der Waals surface area contributed by atoms with E-state index in [1.165, 1.54) is 0 Å². The molecule has 7 heteroatoms. The molecule has 4 rings (SSSR count). The summed E-state index contributed by atoms with van der Waals surface area (Å²) < 4.78 is 1.86. The highest BCUT2D eigenvalue weighted by atomic mass is 16.3. The van der Waals surface area contributed by atoms with Crippen LogP contribution in [-0.4, -0.2) is 45.3 Å². The number of aromatic nitrogens is 4. The molecule has 0 aromatic heterocycles. The fourth-order valence-corrected chi connectivity index (χ4v) is 3.30. The highest BCUT2D eigenvalue weighted by Gasteiger charge is 2.24. The molecule has 0 unspecified atom stereocenters. The summed E-state index contributed by atoms with van der Waals surface area (Å²) in [6.45, 7) is 0.166. The topological polar surface area (TPSA) is 84.1 Å². The van der Waals surface area contributed by atoms with Gasteiger partial charge in [0, 0.05) is 31.8 Å². The maximum Gasteiger partial charge on any atom is 0.302 e. The number of aliphatic hydroxyl groups is 1. The van der Waals surface area contributed by atoms with E-state index in [4.69, 9.17) is 4.98 Å². The van der Waals surface area contributed by atoms with Crippen molar-refractivity contribution >= 4 is 5.95 Å². The molecule has 7 nitrogen and oxygen atoms in total. The third-order valence-corrected chi connectivity index (χ3v) is 4.61. The second-order valence-electron chi connectivity index (χ2n) is 6.81. The molecule has 2 heterocycles. The summed E-state index contributed by atoms with van der Waals surface area (Å²) in [6.07, 6.45) is 0. The van der Waals surface area contributed by atoms with Gasteiger partial charge in [-0.05, 0) is 0 Å². The Morgan fingerprint density at radius 3 is 2.07 bits per heavy atom. The Hall–Kier alpha value is -3.58. The lowest BCUT2D eigenvalue weighted by molar-refractivity contribution is 0.276. The van der Waals surface area contributed by atoms with Gasteiger partial charge in [-0.2, -0.15) is 9.97 Å². The van der Waals surface area contributed by atoms with Crippen molar-refractivity contribution < 1.29 is 5.11 Å². The highest BCUT2D eigenvalue weighted by Crippen LogP contribution is 2.34. The van der Waals surface area contributed by atoms with E-state index in [9.17, 15) is 9.90 Å². The van der Waals surface area contributed by atoms with Gasteiger partial charge in [-0.15, -0.1) is 0 Å². The van der Waals surface area contributed by atoms with E-state index in [0.717, 1.165) is 16.8 Å². The van der Waals surface area contributed by atoms with Crippen LogP contribution in [0.15, 0.2) is 65.5 Å². The molecular formula is C22H21N5O2. The number of aliphatic hydroxyl groups excluding tert-OH is 1. The van der Waals surface area contributed by atoms with Crippen LogP contribution < -0.4 is 10.5 Å². The summed E-state index contributed by atoms with van der Waals surface area (Å²) in [5.74, 6) is 0.712. The lowest BCUT2D eigenvalue weighted by Crippen LogP contribution is -2.26. The molecule has 2 aliphatic rings. The molecule has 2 aliphatic heterocycles. The number of anilines is 1. The molecule has 1 N–H and O–H groups in total. The first-order chi connectivity index (χ1) is 14.1. The van der Waals surface area contributed by atoms with Crippen LogP contribution in [0.25, 0.3) is 34.0 Å². The van der Waals surface area contributed by atoms with Crippen molar-refractivity contribution in [3.05, 3.63) is 71.0 Å². The quantitative estimate of drug-likeness (QED) is 0.567. The monoisotopic (exact) mass is 387 g/mol. The second kappa shape index (κ2) is 7.81. The summed E-state index contributed by atoms with van der Waals surface area (Å²) >= 11 is 0. The van der Waals surface area contributed by atoms with Crippen LogP contribution in [0.2, 0.25) is 0 Å². The lowest BCUT2D eigenvalue weighted by Gasteiger charge is -2.23. The average Bonchev–Trinajstić information content (AvgIpc) is 2.75. The first-order valence-electron chi connectivity index (χ1n) is 9.31. The second-order valence-corrected chi connectivity index (χ2v) is 6.81. The van der Waals surface area contributed by atoms with Crippen LogP contribution in [0.3, 0.4) is 0 Å². The smallest absolute Gasteiger partial charge is 0.302 e. The fraction of sp³-hybridized carbons (Fsp3) is 0.182. The van der Waals surface area contributed by atoms with E-state index in [1.807, 2.05) is 65.2 Å². The third kappa shape index (κ3) is 3.48. The Morgan fingerprint density at radius 1 is 0.862 bits per heavy atom. The SMILES string of the molecule is CN(C)c1nc2n(CCO)c(-c3ccccc3)c(-c3ccccc3)nc-2c(=O)n1. The molecule has 0 radical (unpaired) electrons. The number of hydrogen-bond acceptors (Lipinski definition) is 6. The molecule has 0 amide bonds. The van der Waals surface area contributed by atoms with Crippen molar-refractivity contribution in [2.24, 2.45) is 0 Å². The minimum absolute atomic E-state index is 0.104. The van der Waals surface area contributed by atoms with Gasteiger partial charge in [0.15, 0.2) is 11.5 Å². The normalized spacial score (nSPS) is 11.0. The Labute approximate surface area is 168 Å². The minimum atomic E-state index is -0.442. The summed E-state index contributed by atoms with van der Waals surface area (Å²) in [5.41, 5.74) is 2.98. The first kappa shape index (κ1) is 18.8. The lowest BCUT2D eigenvalue weighted by atomic mass is 10.0. The van der Waals surface area contributed by atoms with Gasteiger partial charge >= 0.3 is 5.56 Å². The Bertz CT molecular complexity index is 1160. The van der Waals surface area contributed by atoms with E-state index in [-0.39, 0.29) is 18.8 Å². The molecule has 0 atom stereocenters. The largest absolute Gasteiger partial charge is 0.395 e. The van der Waals surface area contributed by atoms with Crippen LogP contribution in [0.4, 0.5) is 5.95 Å². The maximum absolute atomic E-state index is 12.8. The van der Waals surface area contributed by atoms with Gasteiger partial charge in [-0.1, -0.05) is 60.7 Å². The van der Waals surface area contributed by atoms with Gasteiger partial charge in [-0.3, -0.25) is 4.79 Å². The fourth-order valence-electron chi connectivity index (χ4n) is 3.30. The Kier molecular flexibility index (Phi) is 5.05. The molecule has 0 bridgehead atoms. The van der Waals surface area contributed by atoms with Crippen LogP contribution >= 0.6 is 0 Å².